The molecule has 5 nitrogen and oxygen atoms in total. The molecule has 116 valence electrons. The molecule has 0 aliphatic carbocycles. The van der Waals surface area contributed by atoms with Gasteiger partial charge in [0, 0.05) is 22.0 Å². The molecule has 0 aromatic heterocycles. The van der Waals surface area contributed by atoms with Crippen molar-refractivity contribution in [3.8, 4) is 0 Å². The highest BCUT2D eigenvalue weighted by atomic mass is 35.5. The molecule has 0 saturated carbocycles. The number of hydrogen-bond acceptors (Lipinski definition) is 3. The summed E-state index contributed by atoms with van der Waals surface area (Å²) in [5.74, 6) is -1.20. The zero-order valence-corrected chi connectivity index (χ0v) is 13.1. The Morgan fingerprint density at radius 3 is 2.74 bits per heavy atom. The largest absolute Gasteiger partial charge is 0.366 e. The topological polar surface area (TPSA) is 84.6 Å². The number of rotatable bonds is 3. The van der Waals surface area contributed by atoms with Gasteiger partial charge in [0.2, 0.25) is 11.8 Å². The number of nitrogens with one attached hydrogen (secondary N) is 1. The van der Waals surface area contributed by atoms with Gasteiger partial charge in [-0.3, -0.25) is 14.6 Å². The summed E-state index contributed by atoms with van der Waals surface area (Å²) in [6.45, 7) is 1.79. The van der Waals surface area contributed by atoms with Gasteiger partial charge in [0.25, 0.3) is 0 Å². The standard InChI is InChI=1S/C17H14ClN3O2/c1-9(20-12-4-2-3-11(18)8-12)15-13-6-5-10(16(19)22)7-14(13)21-17(15)23/h2-8,15H,1H3,(H2,19,22)(H,21,23). The average Bonchev–Trinajstić information content (AvgIpc) is 2.81. The fraction of sp³-hybridized carbons (Fsp3) is 0.118. The maximum absolute atomic E-state index is 12.3. The lowest BCUT2D eigenvalue weighted by Gasteiger charge is -2.09. The zero-order valence-electron chi connectivity index (χ0n) is 12.3. The molecule has 0 spiro atoms. The Bertz CT molecular complexity index is 845. The van der Waals surface area contributed by atoms with Crippen LogP contribution in [0, 0.1) is 0 Å². The Hall–Kier alpha value is -2.66. The minimum absolute atomic E-state index is 0.176. The summed E-state index contributed by atoms with van der Waals surface area (Å²) in [6.07, 6.45) is 0. The van der Waals surface area contributed by atoms with E-state index in [9.17, 15) is 9.59 Å². The van der Waals surface area contributed by atoms with Crippen LogP contribution in [0.5, 0.6) is 0 Å². The van der Waals surface area contributed by atoms with Crippen LogP contribution in [0.2, 0.25) is 5.02 Å². The number of carbonyl (C=O) groups is 2. The summed E-state index contributed by atoms with van der Waals surface area (Å²) < 4.78 is 0. The summed E-state index contributed by atoms with van der Waals surface area (Å²) in [5.41, 5.74) is 8.33. The number of nitrogens with zero attached hydrogens (tertiary/aromatic N) is 1. The van der Waals surface area contributed by atoms with Gasteiger partial charge in [0.15, 0.2) is 0 Å². The number of hydrogen-bond donors (Lipinski definition) is 2. The zero-order chi connectivity index (χ0) is 16.6. The normalized spacial score (nSPS) is 16.9. The number of amides is 2. The maximum Gasteiger partial charge on any atom is 0.248 e. The van der Waals surface area contributed by atoms with E-state index in [1.807, 2.05) is 6.07 Å². The van der Waals surface area contributed by atoms with Gasteiger partial charge in [-0.2, -0.15) is 0 Å². The van der Waals surface area contributed by atoms with E-state index in [1.54, 1.807) is 43.3 Å². The number of fused-ring (bicyclic) bond motifs is 1. The van der Waals surface area contributed by atoms with Gasteiger partial charge in [-0.1, -0.05) is 23.7 Å². The first-order chi connectivity index (χ1) is 11.0. The van der Waals surface area contributed by atoms with Crippen LogP contribution in [-0.2, 0) is 4.79 Å². The molecule has 0 bridgehead atoms. The smallest absolute Gasteiger partial charge is 0.248 e. The number of benzene rings is 2. The first kappa shape index (κ1) is 15.2. The van der Waals surface area contributed by atoms with E-state index in [1.165, 1.54) is 0 Å². The molecule has 1 heterocycles. The highest BCUT2D eigenvalue weighted by Crippen LogP contribution is 2.35. The van der Waals surface area contributed by atoms with Crippen LogP contribution >= 0.6 is 11.6 Å². The molecular formula is C17H14ClN3O2. The number of halogens is 1. The second-order valence-electron chi connectivity index (χ2n) is 5.32. The van der Waals surface area contributed by atoms with Crippen molar-refractivity contribution < 1.29 is 9.59 Å². The number of carbonyl (C=O) groups excluding carboxylic acids is 2. The minimum Gasteiger partial charge on any atom is -0.366 e. The molecule has 23 heavy (non-hydrogen) atoms. The van der Waals surface area contributed by atoms with E-state index in [4.69, 9.17) is 17.3 Å². The molecule has 6 heteroatoms. The van der Waals surface area contributed by atoms with Gasteiger partial charge >= 0.3 is 0 Å². The first-order valence-electron chi connectivity index (χ1n) is 7.01. The highest BCUT2D eigenvalue weighted by Gasteiger charge is 2.33. The fourth-order valence-corrected chi connectivity index (χ4v) is 2.83. The molecule has 1 aliphatic heterocycles. The van der Waals surface area contributed by atoms with Crippen molar-refractivity contribution in [2.75, 3.05) is 5.32 Å². The highest BCUT2D eigenvalue weighted by molar-refractivity contribution is 6.30. The molecule has 3 N–H and O–H groups in total. The minimum atomic E-state index is -0.533. The van der Waals surface area contributed by atoms with Gasteiger partial charge in [-0.05, 0) is 42.8 Å². The second-order valence-corrected chi connectivity index (χ2v) is 5.76. The van der Waals surface area contributed by atoms with Crippen molar-refractivity contribution in [2.24, 2.45) is 10.7 Å². The van der Waals surface area contributed by atoms with E-state index in [2.05, 4.69) is 10.3 Å². The quantitative estimate of drug-likeness (QED) is 0.848. The van der Waals surface area contributed by atoms with Crippen LogP contribution in [0.3, 0.4) is 0 Å². The fourth-order valence-electron chi connectivity index (χ4n) is 2.64. The van der Waals surface area contributed by atoms with E-state index >= 15 is 0 Å². The number of anilines is 1. The van der Waals surface area contributed by atoms with Crippen molar-refractivity contribution in [1.29, 1.82) is 0 Å². The van der Waals surface area contributed by atoms with E-state index in [-0.39, 0.29) is 5.91 Å². The van der Waals surface area contributed by atoms with Gasteiger partial charge in [0.05, 0.1) is 5.69 Å². The molecule has 1 unspecified atom stereocenters. The van der Waals surface area contributed by atoms with Gasteiger partial charge in [-0.25, -0.2) is 0 Å². The van der Waals surface area contributed by atoms with Gasteiger partial charge < -0.3 is 11.1 Å². The Labute approximate surface area is 138 Å². The average molecular weight is 328 g/mol. The first-order valence-corrected chi connectivity index (χ1v) is 7.39. The van der Waals surface area contributed by atoms with Crippen LogP contribution in [0.4, 0.5) is 11.4 Å². The monoisotopic (exact) mass is 327 g/mol. The molecule has 2 aromatic carbocycles. The number of primary amides is 1. The maximum atomic E-state index is 12.3. The van der Waals surface area contributed by atoms with Crippen molar-refractivity contribution in [3.63, 3.8) is 0 Å². The van der Waals surface area contributed by atoms with Gasteiger partial charge in [-0.15, -0.1) is 0 Å². The number of nitrogens with two attached hydrogens (primary N) is 1. The Balaban J connectivity index is 1.98. The summed E-state index contributed by atoms with van der Waals surface area (Å²) in [7, 11) is 0. The van der Waals surface area contributed by atoms with Crippen LogP contribution < -0.4 is 11.1 Å². The number of aliphatic imine (C=N–C) groups is 1. The Morgan fingerprint density at radius 2 is 2.04 bits per heavy atom. The van der Waals surface area contributed by atoms with Crippen molar-refractivity contribution in [3.05, 3.63) is 58.6 Å². The molecule has 0 fully saturated rings. The molecule has 0 saturated heterocycles. The predicted octanol–water partition coefficient (Wildman–Crippen LogP) is 3.27. The molecular weight excluding hydrogens is 314 g/mol. The van der Waals surface area contributed by atoms with E-state index in [0.717, 1.165) is 5.56 Å². The molecule has 2 aromatic rings. The Kier molecular flexibility index (Phi) is 3.88. The van der Waals surface area contributed by atoms with E-state index in [0.29, 0.717) is 27.7 Å². The SMILES string of the molecule is CC(=Nc1cccc(Cl)c1)C1C(=O)Nc2cc(C(N)=O)ccc21. The third-order valence-electron chi connectivity index (χ3n) is 3.70. The van der Waals surface area contributed by atoms with Crippen molar-refractivity contribution >= 4 is 40.5 Å². The molecule has 3 rings (SSSR count). The van der Waals surface area contributed by atoms with Crippen LogP contribution in [-0.4, -0.2) is 17.5 Å². The molecule has 1 aliphatic rings. The summed E-state index contributed by atoms with van der Waals surface area (Å²) in [4.78, 5) is 28.0. The lowest BCUT2D eigenvalue weighted by Crippen LogP contribution is -2.18. The van der Waals surface area contributed by atoms with Crippen LogP contribution in [0.25, 0.3) is 0 Å². The Morgan fingerprint density at radius 1 is 1.26 bits per heavy atom. The van der Waals surface area contributed by atoms with Crippen molar-refractivity contribution in [2.45, 2.75) is 12.8 Å². The van der Waals surface area contributed by atoms with Gasteiger partial charge in [0.1, 0.15) is 5.92 Å². The lowest BCUT2D eigenvalue weighted by molar-refractivity contribution is -0.115. The van der Waals surface area contributed by atoms with Crippen LogP contribution in [0.1, 0.15) is 28.8 Å². The summed E-state index contributed by atoms with van der Waals surface area (Å²) in [6, 6.07) is 12.0. The molecule has 1 atom stereocenters. The summed E-state index contributed by atoms with van der Waals surface area (Å²) in [5, 5.41) is 3.35. The molecule has 0 radical (unpaired) electrons. The lowest BCUT2D eigenvalue weighted by atomic mass is 9.95. The molecule has 2 amide bonds. The van der Waals surface area contributed by atoms with E-state index < -0.39 is 11.8 Å². The summed E-state index contributed by atoms with van der Waals surface area (Å²) >= 11 is 5.95. The predicted molar refractivity (Wildman–Crippen MR) is 90.6 cm³/mol. The third kappa shape index (κ3) is 2.96. The van der Waals surface area contributed by atoms with Crippen molar-refractivity contribution in [1.82, 2.24) is 0 Å². The second kappa shape index (κ2) is 5.85. The van der Waals surface area contributed by atoms with Crippen LogP contribution in [0.15, 0.2) is 47.5 Å². The third-order valence-corrected chi connectivity index (χ3v) is 3.94.